The summed E-state index contributed by atoms with van der Waals surface area (Å²) < 4.78 is 6.76. The first-order chi connectivity index (χ1) is 9.56. The van der Waals surface area contributed by atoms with E-state index < -0.39 is 12.1 Å². The Balaban J connectivity index is 2.14. The smallest absolute Gasteiger partial charge is 0.345 e. The minimum absolute atomic E-state index is 0.348. The van der Waals surface area contributed by atoms with Crippen molar-refractivity contribution in [2.75, 3.05) is 0 Å². The van der Waals surface area contributed by atoms with Gasteiger partial charge in [-0.15, -0.1) is 0 Å². The molecule has 0 amide bonds. The fraction of sp³-hybridized carbons (Fsp3) is 0.188. The maximum absolute atomic E-state index is 11.4. The molecule has 0 fully saturated rings. The molecule has 0 aliphatic heterocycles. The third-order valence-corrected chi connectivity index (χ3v) is 3.69. The molecule has 104 valence electrons. The van der Waals surface area contributed by atoms with E-state index in [1.807, 2.05) is 49.4 Å². The molecule has 2 aromatic carbocycles. The van der Waals surface area contributed by atoms with Crippen LogP contribution in [0.15, 0.2) is 48.5 Å². The Morgan fingerprint density at radius 3 is 2.45 bits per heavy atom. The molecule has 2 aromatic rings. The molecule has 1 N–H and O–H groups in total. The summed E-state index contributed by atoms with van der Waals surface area (Å²) in [6.07, 6.45) is -0.531. The molecule has 3 nitrogen and oxygen atoms in total. The van der Waals surface area contributed by atoms with E-state index in [9.17, 15) is 9.90 Å². The molecule has 1 atom stereocenters. The maximum Gasteiger partial charge on any atom is 0.345 e. The molecule has 0 heterocycles. The Kier molecular flexibility index (Phi) is 5.00. The fourth-order valence-corrected chi connectivity index (χ4v) is 2.22. The molecule has 0 aliphatic carbocycles. The van der Waals surface area contributed by atoms with Gasteiger partial charge < -0.3 is 9.84 Å². The van der Waals surface area contributed by atoms with Gasteiger partial charge in [-0.2, -0.15) is 0 Å². The second kappa shape index (κ2) is 6.74. The van der Waals surface area contributed by atoms with E-state index in [-0.39, 0.29) is 0 Å². The number of hydrogen-bond acceptors (Lipinski definition) is 2. The van der Waals surface area contributed by atoms with Crippen LogP contribution >= 0.6 is 22.6 Å². The normalized spacial score (nSPS) is 11.9. The zero-order valence-corrected chi connectivity index (χ0v) is 13.2. The molecule has 0 saturated carbocycles. The first-order valence-corrected chi connectivity index (χ1v) is 7.33. The molecule has 0 bridgehead atoms. The van der Waals surface area contributed by atoms with Gasteiger partial charge in [-0.05, 0) is 58.8 Å². The lowest BCUT2D eigenvalue weighted by Crippen LogP contribution is -2.29. The van der Waals surface area contributed by atoms with Crippen LogP contribution in [0.5, 0.6) is 5.75 Å². The van der Waals surface area contributed by atoms with Crippen LogP contribution < -0.4 is 4.74 Å². The molecule has 0 radical (unpaired) electrons. The number of aryl methyl sites for hydroxylation is 1. The monoisotopic (exact) mass is 382 g/mol. The van der Waals surface area contributed by atoms with Crippen molar-refractivity contribution in [2.24, 2.45) is 0 Å². The van der Waals surface area contributed by atoms with Crippen LogP contribution in [0.1, 0.15) is 11.1 Å². The number of carboxylic acid groups (broad SMARTS) is 1. The summed E-state index contributed by atoms with van der Waals surface area (Å²) in [5.41, 5.74) is 1.88. The van der Waals surface area contributed by atoms with Crippen LogP contribution in [0.3, 0.4) is 0 Å². The molecule has 0 spiro atoms. The average Bonchev–Trinajstić information content (AvgIpc) is 2.42. The van der Waals surface area contributed by atoms with Crippen LogP contribution in [0.4, 0.5) is 0 Å². The minimum atomic E-state index is -0.952. The summed E-state index contributed by atoms with van der Waals surface area (Å²) in [6.45, 7) is 1.90. The highest BCUT2D eigenvalue weighted by Gasteiger charge is 2.20. The Labute approximate surface area is 131 Å². The Morgan fingerprint density at radius 2 is 1.85 bits per heavy atom. The topological polar surface area (TPSA) is 46.5 Å². The average molecular weight is 382 g/mol. The number of ether oxygens (including phenoxy) is 1. The summed E-state index contributed by atoms with van der Waals surface area (Å²) in [5.74, 6) is -0.336. The number of halogens is 1. The van der Waals surface area contributed by atoms with E-state index in [1.54, 1.807) is 6.07 Å². The van der Waals surface area contributed by atoms with Crippen molar-refractivity contribution >= 4 is 28.6 Å². The van der Waals surface area contributed by atoms with Gasteiger partial charge in [0.2, 0.25) is 0 Å². The Hall–Kier alpha value is -1.56. The minimum Gasteiger partial charge on any atom is -0.478 e. The predicted molar refractivity (Wildman–Crippen MR) is 86.1 cm³/mol. The van der Waals surface area contributed by atoms with Crippen molar-refractivity contribution in [1.82, 2.24) is 0 Å². The maximum atomic E-state index is 11.4. The van der Waals surface area contributed by atoms with Crippen molar-refractivity contribution in [3.8, 4) is 5.75 Å². The third kappa shape index (κ3) is 3.96. The molecule has 20 heavy (non-hydrogen) atoms. The summed E-state index contributed by atoms with van der Waals surface area (Å²) >= 11 is 2.22. The van der Waals surface area contributed by atoms with Crippen LogP contribution in [0.25, 0.3) is 0 Å². The van der Waals surface area contributed by atoms with Crippen LogP contribution in [0.2, 0.25) is 0 Å². The molecule has 0 aromatic heterocycles. The summed E-state index contributed by atoms with van der Waals surface area (Å²) in [7, 11) is 0. The standard InChI is InChI=1S/C16H15IO3/c1-11-4-2-3-5-14(11)20-15(16(18)19)10-12-6-8-13(17)9-7-12/h2-9,15H,10H2,1H3,(H,18,19)/t15-/m0/s1. The van der Waals surface area contributed by atoms with E-state index in [1.165, 1.54) is 0 Å². The van der Waals surface area contributed by atoms with Gasteiger partial charge in [0.25, 0.3) is 0 Å². The largest absolute Gasteiger partial charge is 0.478 e. The Morgan fingerprint density at radius 1 is 1.20 bits per heavy atom. The molecular formula is C16H15IO3. The quantitative estimate of drug-likeness (QED) is 0.803. The van der Waals surface area contributed by atoms with Crippen LogP contribution in [-0.4, -0.2) is 17.2 Å². The number of carbonyl (C=O) groups is 1. The van der Waals surface area contributed by atoms with Gasteiger partial charge in [0.05, 0.1) is 0 Å². The zero-order valence-electron chi connectivity index (χ0n) is 11.0. The van der Waals surface area contributed by atoms with Gasteiger partial charge >= 0.3 is 5.97 Å². The number of aliphatic carboxylic acids is 1. The summed E-state index contributed by atoms with van der Waals surface area (Å²) in [5, 5.41) is 9.31. The molecule has 2 rings (SSSR count). The van der Waals surface area contributed by atoms with E-state index in [0.29, 0.717) is 12.2 Å². The third-order valence-electron chi connectivity index (χ3n) is 2.97. The lowest BCUT2D eigenvalue weighted by molar-refractivity contribution is -0.145. The number of carboxylic acids is 1. The van der Waals surface area contributed by atoms with Crippen molar-refractivity contribution in [1.29, 1.82) is 0 Å². The van der Waals surface area contributed by atoms with Gasteiger partial charge in [0, 0.05) is 9.99 Å². The number of benzene rings is 2. The van der Waals surface area contributed by atoms with Crippen LogP contribution in [-0.2, 0) is 11.2 Å². The Bertz CT molecular complexity index is 593. The van der Waals surface area contributed by atoms with Gasteiger partial charge in [0.15, 0.2) is 6.10 Å². The highest BCUT2D eigenvalue weighted by atomic mass is 127. The second-order valence-corrected chi connectivity index (χ2v) is 5.79. The molecule has 4 heteroatoms. The van der Waals surface area contributed by atoms with Crippen molar-refractivity contribution in [3.63, 3.8) is 0 Å². The van der Waals surface area contributed by atoms with E-state index in [4.69, 9.17) is 4.74 Å². The fourth-order valence-electron chi connectivity index (χ4n) is 1.86. The van der Waals surface area contributed by atoms with Crippen LogP contribution in [0, 0.1) is 10.5 Å². The number of para-hydroxylation sites is 1. The molecule has 0 saturated heterocycles. The van der Waals surface area contributed by atoms with Crippen molar-refractivity contribution < 1.29 is 14.6 Å². The zero-order chi connectivity index (χ0) is 14.5. The highest BCUT2D eigenvalue weighted by Crippen LogP contribution is 2.19. The summed E-state index contributed by atoms with van der Waals surface area (Å²) in [4.78, 5) is 11.4. The van der Waals surface area contributed by atoms with Gasteiger partial charge in [0.1, 0.15) is 5.75 Å². The lowest BCUT2D eigenvalue weighted by atomic mass is 10.1. The number of hydrogen-bond donors (Lipinski definition) is 1. The second-order valence-electron chi connectivity index (χ2n) is 4.54. The van der Waals surface area contributed by atoms with Gasteiger partial charge in [-0.1, -0.05) is 30.3 Å². The molecular weight excluding hydrogens is 367 g/mol. The van der Waals surface area contributed by atoms with Gasteiger partial charge in [-0.25, -0.2) is 4.79 Å². The SMILES string of the molecule is Cc1ccccc1O[C@@H](Cc1ccc(I)cc1)C(=O)O. The van der Waals surface area contributed by atoms with Crippen molar-refractivity contribution in [3.05, 3.63) is 63.2 Å². The van der Waals surface area contributed by atoms with Gasteiger partial charge in [-0.3, -0.25) is 0 Å². The lowest BCUT2D eigenvalue weighted by Gasteiger charge is -2.16. The molecule has 0 unspecified atom stereocenters. The first kappa shape index (κ1) is 14.8. The summed E-state index contributed by atoms with van der Waals surface area (Å²) in [6, 6.07) is 15.2. The van der Waals surface area contributed by atoms with Crippen molar-refractivity contribution in [2.45, 2.75) is 19.4 Å². The van der Waals surface area contributed by atoms with E-state index in [2.05, 4.69) is 22.6 Å². The van der Waals surface area contributed by atoms with E-state index in [0.717, 1.165) is 14.7 Å². The van der Waals surface area contributed by atoms with E-state index >= 15 is 0 Å². The first-order valence-electron chi connectivity index (χ1n) is 6.26. The molecule has 0 aliphatic rings. The predicted octanol–water partition coefficient (Wildman–Crippen LogP) is 3.67. The number of rotatable bonds is 5. The highest BCUT2D eigenvalue weighted by molar-refractivity contribution is 14.1.